The van der Waals surface area contributed by atoms with Gasteiger partial charge in [0.05, 0.1) is 48.4 Å². The van der Waals surface area contributed by atoms with Crippen LogP contribution in [-0.2, 0) is 6.61 Å². The van der Waals surface area contributed by atoms with Crippen LogP contribution < -0.4 is 19.5 Å². The number of nitrogens with one attached hydrogen (secondary N) is 2. The van der Waals surface area contributed by atoms with Gasteiger partial charge in [-0.15, -0.1) is 5.10 Å². The second-order valence-electron chi connectivity index (χ2n) is 8.60. The fourth-order valence-electron chi connectivity index (χ4n) is 4.45. The van der Waals surface area contributed by atoms with E-state index in [2.05, 4.69) is 30.4 Å². The normalized spacial score (nSPS) is 15.8. The van der Waals surface area contributed by atoms with Crippen LogP contribution in [0.1, 0.15) is 18.5 Å². The molecule has 1 fully saturated rings. The Bertz CT molecular complexity index is 1280. The van der Waals surface area contributed by atoms with Crippen LogP contribution >= 0.6 is 0 Å². The lowest BCUT2D eigenvalue weighted by atomic mass is 10.2. The Hall–Kier alpha value is -3.89. The number of likely N-dealkylation sites (tertiary alicyclic amines) is 1. The van der Waals surface area contributed by atoms with Crippen LogP contribution in [-0.4, -0.2) is 69.6 Å². The van der Waals surface area contributed by atoms with Crippen molar-refractivity contribution in [2.24, 2.45) is 0 Å². The summed E-state index contributed by atoms with van der Waals surface area (Å²) in [7, 11) is 1.61. The molecule has 4 heterocycles. The first-order chi connectivity index (χ1) is 17.7. The fourth-order valence-corrected chi connectivity index (χ4v) is 4.45. The number of H-pyrrole nitrogens is 1. The highest BCUT2D eigenvalue weighted by atomic mass is 16.5. The number of nitrogens with zero attached hydrogens (tertiary/aromatic N) is 4. The Labute approximate surface area is 209 Å². The van der Waals surface area contributed by atoms with Gasteiger partial charge in [-0.25, -0.2) is 0 Å². The highest BCUT2D eigenvalue weighted by Gasteiger charge is 2.23. The van der Waals surface area contributed by atoms with Crippen LogP contribution in [0.15, 0.2) is 55.0 Å². The minimum Gasteiger partial charge on any atom is -0.493 e. The molecule has 1 atom stereocenters. The van der Waals surface area contributed by atoms with Crippen LogP contribution in [0.2, 0.25) is 0 Å². The number of anilines is 2. The zero-order valence-electron chi connectivity index (χ0n) is 20.2. The molecule has 1 aromatic carbocycles. The Morgan fingerprint density at radius 3 is 2.94 bits per heavy atom. The number of hydrogen-bond acceptors (Lipinski definition) is 9. The van der Waals surface area contributed by atoms with Crippen molar-refractivity contribution in [3.05, 3.63) is 60.7 Å². The van der Waals surface area contributed by atoms with E-state index >= 15 is 0 Å². The van der Waals surface area contributed by atoms with Crippen LogP contribution in [0.4, 0.5) is 11.4 Å². The summed E-state index contributed by atoms with van der Waals surface area (Å²) < 4.78 is 17.5. The molecule has 0 aliphatic carbocycles. The smallest absolute Gasteiger partial charge is 0.242 e. The lowest BCUT2D eigenvalue weighted by Gasteiger charge is -2.22. The van der Waals surface area contributed by atoms with E-state index in [0.717, 1.165) is 53.9 Å². The van der Waals surface area contributed by atoms with Crippen molar-refractivity contribution < 1.29 is 19.3 Å². The van der Waals surface area contributed by atoms with Crippen molar-refractivity contribution >= 4 is 22.3 Å². The first kappa shape index (κ1) is 23.8. The zero-order chi connectivity index (χ0) is 24.7. The van der Waals surface area contributed by atoms with E-state index < -0.39 is 0 Å². The highest BCUT2D eigenvalue weighted by molar-refractivity contribution is 5.96. The summed E-state index contributed by atoms with van der Waals surface area (Å²) >= 11 is 0. The molecule has 3 N–H and O–H groups in total. The molecule has 1 aliphatic rings. The predicted octanol–water partition coefficient (Wildman–Crippen LogP) is 3.52. The summed E-state index contributed by atoms with van der Waals surface area (Å²) in [6, 6.07) is 11.6. The highest BCUT2D eigenvalue weighted by Crippen LogP contribution is 2.35. The Kier molecular flexibility index (Phi) is 7.44. The van der Waals surface area contributed by atoms with Gasteiger partial charge in [-0.2, -0.15) is 0 Å². The van der Waals surface area contributed by atoms with E-state index in [9.17, 15) is 5.11 Å². The SMILES string of the molecule is COc1cc(Nc2cncc3[nH]nc(OCCN4CCC[C@@H]4CO)c23)ccc1OCc1ccccn1. The monoisotopic (exact) mass is 490 g/mol. The topological polar surface area (TPSA) is 118 Å². The summed E-state index contributed by atoms with van der Waals surface area (Å²) in [5.41, 5.74) is 3.17. The lowest BCUT2D eigenvalue weighted by Crippen LogP contribution is -2.35. The number of aromatic nitrogens is 4. The van der Waals surface area contributed by atoms with Crippen LogP contribution in [0, 0.1) is 0 Å². The van der Waals surface area contributed by atoms with Crippen molar-refractivity contribution in [3.63, 3.8) is 0 Å². The van der Waals surface area contributed by atoms with Gasteiger partial charge < -0.3 is 24.6 Å². The quantitative estimate of drug-likeness (QED) is 0.290. The van der Waals surface area contributed by atoms with Gasteiger partial charge in [0, 0.05) is 30.5 Å². The molecule has 0 amide bonds. The number of ether oxygens (including phenoxy) is 3. The van der Waals surface area contributed by atoms with E-state index in [4.69, 9.17) is 14.2 Å². The molecule has 10 nitrogen and oxygen atoms in total. The number of fused-ring (bicyclic) bond motifs is 1. The molecule has 36 heavy (non-hydrogen) atoms. The number of aliphatic hydroxyl groups is 1. The molecule has 4 aromatic rings. The molecule has 0 spiro atoms. The maximum Gasteiger partial charge on any atom is 0.242 e. The third kappa shape index (κ3) is 5.34. The molecule has 5 rings (SSSR count). The Morgan fingerprint density at radius 1 is 1.17 bits per heavy atom. The predicted molar refractivity (Wildman–Crippen MR) is 136 cm³/mol. The van der Waals surface area contributed by atoms with Gasteiger partial charge in [-0.3, -0.25) is 20.0 Å². The lowest BCUT2D eigenvalue weighted by molar-refractivity contribution is 0.138. The molecule has 10 heteroatoms. The molecule has 188 valence electrons. The second-order valence-corrected chi connectivity index (χ2v) is 8.60. The second kappa shape index (κ2) is 11.2. The van der Waals surface area contributed by atoms with Crippen LogP contribution in [0.5, 0.6) is 17.4 Å². The molecule has 1 aliphatic heterocycles. The summed E-state index contributed by atoms with van der Waals surface area (Å²) in [6.07, 6.45) is 7.33. The van der Waals surface area contributed by atoms with Crippen molar-refractivity contribution in [2.75, 3.05) is 38.7 Å². The average molecular weight is 491 g/mol. The molecule has 3 aromatic heterocycles. The Morgan fingerprint density at radius 2 is 2.11 bits per heavy atom. The molecule has 1 saturated heterocycles. The minimum absolute atomic E-state index is 0.182. The number of pyridine rings is 2. The molecular formula is C26H30N6O4. The van der Waals surface area contributed by atoms with Crippen molar-refractivity contribution in [2.45, 2.75) is 25.5 Å². The maximum absolute atomic E-state index is 9.54. The molecule has 0 unspecified atom stereocenters. The summed E-state index contributed by atoms with van der Waals surface area (Å²) in [6.45, 7) is 2.73. The first-order valence-electron chi connectivity index (χ1n) is 12.0. The van der Waals surface area contributed by atoms with E-state index in [-0.39, 0.29) is 12.6 Å². The van der Waals surface area contributed by atoms with Gasteiger partial charge in [0.2, 0.25) is 5.88 Å². The molecular weight excluding hydrogens is 460 g/mol. The zero-order valence-corrected chi connectivity index (χ0v) is 20.2. The van der Waals surface area contributed by atoms with Crippen LogP contribution in [0.3, 0.4) is 0 Å². The molecule has 0 bridgehead atoms. The number of aromatic amines is 1. The van der Waals surface area contributed by atoms with Crippen molar-refractivity contribution in [1.82, 2.24) is 25.1 Å². The van der Waals surface area contributed by atoms with Gasteiger partial charge in [-0.1, -0.05) is 6.07 Å². The minimum atomic E-state index is 0.182. The summed E-state index contributed by atoms with van der Waals surface area (Å²) in [4.78, 5) is 10.9. The Balaban J connectivity index is 1.29. The number of aliphatic hydroxyl groups excluding tert-OH is 1. The van der Waals surface area contributed by atoms with Gasteiger partial charge in [-0.05, 0) is 43.7 Å². The van der Waals surface area contributed by atoms with E-state index in [1.807, 2.05) is 36.4 Å². The maximum atomic E-state index is 9.54. The summed E-state index contributed by atoms with van der Waals surface area (Å²) in [5.74, 6) is 1.74. The third-order valence-electron chi connectivity index (χ3n) is 6.31. The van der Waals surface area contributed by atoms with E-state index in [1.165, 1.54) is 0 Å². The van der Waals surface area contributed by atoms with E-state index in [1.54, 1.807) is 25.7 Å². The molecule has 0 saturated carbocycles. The van der Waals surface area contributed by atoms with Gasteiger partial charge in [0.25, 0.3) is 0 Å². The van der Waals surface area contributed by atoms with Gasteiger partial charge >= 0.3 is 0 Å². The number of hydrogen-bond donors (Lipinski definition) is 3. The van der Waals surface area contributed by atoms with E-state index in [0.29, 0.717) is 30.6 Å². The number of methoxy groups -OCH3 is 1. The van der Waals surface area contributed by atoms with Gasteiger partial charge in [0.1, 0.15) is 13.2 Å². The number of benzene rings is 1. The van der Waals surface area contributed by atoms with Crippen molar-refractivity contribution in [1.29, 1.82) is 0 Å². The van der Waals surface area contributed by atoms with Gasteiger partial charge in [0.15, 0.2) is 11.5 Å². The fraction of sp³-hybridized carbons (Fsp3) is 0.346. The number of rotatable bonds is 11. The average Bonchev–Trinajstić information content (AvgIpc) is 3.56. The standard InChI is InChI=1S/C26H30N6O4/c1-34-24-13-18(7-8-23(24)36-17-19-5-2-3-9-28-19)29-21-14-27-15-22-25(21)26(31-30-22)35-12-11-32-10-4-6-20(32)16-33/h2-3,5,7-9,13-15,20,29,33H,4,6,10-12,16-17H2,1H3,(H,30,31)/t20-/m1/s1. The largest absolute Gasteiger partial charge is 0.493 e. The van der Waals surface area contributed by atoms with Crippen LogP contribution in [0.25, 0.3) is 10.9 Å². The summed E-state index contributed by atoms with van der Waals surface area (Å²) in [5, 5.41) is 21.1. The molecule has 0 radical (unpaired) electrons. The van der Waals surface area contributed by atoms with Crippen molar-refractivity contribution in [3.8, 4) is 17.4 Å². The first-order valence-corrected chi connectivity index (χ1v) is 12.0. The third-order valence-corrected chi connectivity index (χ3v) is 6.31.